The summed E-state index contributed by atoms with van der Waals surface area (Å²) < 4.78 is 5.15. The van der Waals surface area contributed by atoms with Crippen molar-refractivity contribution in [2.45, 2.75) is 13.3 Å². The first-order chi connectivity index (χ1) is 8.83. The lowest BCUT2D eigenvalue weighted by Gasteiger charge is -2.14. The van der Waals surface area contributed by atoms with Gasteiger partial charge < -0.3 is 9.84 Å². The minimum absolute atomic E-state index is 0.582. The highest BCUT2D eigenvalue weighted by atomic mass is 16.5. The Morgan fingerprint density at radius 2 is 1.94 bits per heavy atom. The number of benzene rings is 1. The van der Waals surface area contributed by atoms with E-state index in [1.807, 2.05) is 19.1 Å². The molecule has 3 rings (SSSR count). The van der Waals surface area contributed by atoms with E-state index in [0.717, 1.165) is 25.1 Å². The fourth-order valence-corrected chi connectivity index (χ4v) is 2.13. The Morgan fingerprint density at radius 1 is 1.17 bits per heavy atom. The average Bonchev–Trinajstić information content (AvgIpc) is 2.87. The van der Waals surface area contributed by atoms with E-state index in [0.29, 0.717) is 11.7 Å². The van der Waals surface area contributed by atoms with Gasteiger partial charge >= 0.3 is 0 Å². The van der Waals surface area contributed by atoms with Crippen LogP contribution in [0, 0.1) is 6.92 Å². The number of hydrogen-bond acceptors (Lipinski definition) is 4. The summed E-state index contributed by atoms with van der Waals surface area (Å²) in [7, 11) is 0. The van der Waals surface area contributed by atoms with Gasteiger partial charge in [0, 0.05) is 12.1 Å². The van der Waals surface area contributed by atoms with Gasteiger partial charge in [-0.3, -0.25) is 0 Å². The summed E-state index contributed by atoms with van der Waals surface area (Å²) in [5.41, 5.74) is 3.65. The third-order valence-electron chi connectivity index (χ3n) is 3.09. The van der Waals surface area contributed by atoms with Gasteiger partial charge in [0.15, 0.2) is 5.82 Å². The minimum atomic E-state index is 0.582. The molecule has 92 valence electrons. The highest BCUT2D eigenvalue weighted by molar-refractivity contribution is 5.68. The van der Waals surface area contributed by atoms with Crippen molar-refractivity contribution in [3.05, 3.63) is 41.7 Å². The van der Waals surface area contributed by atoms with Crippen molar-refractivity contribution in [2.75, 3.05) is 13.1 Å². The predicted molar refractivity (Wildman–Crippen MR) is 69.9 cm³/mol. The molecule has 0 bridgehead atoms. The van der Waals surface area contributed by atoms with Gasteiger partial charge in [-0.25, -0.2) is 0 Å². The SMILES string of the molecule is Cc1noc(-c2ccc(C3=CCNCC3)cc2)n1. The molecular weight excluding hydrogens is 226 g/mol. The van der Waals surface area contributed by atoms with Gasteiger partial charge in [-0.2, -0.15) is 4.98 Å². The average molecular weight is 241 g/mol. The summed E-state index contributed by atoms with van der Waals surface area (Å²) in [5, 5.41) is 7.11. The first-order valence-corrected chi connectivity index (χ1v) is 6.14. The van der Waals surface area contributed by atoms with Gasteiger partial charge in [-0.15, -0.1) is 0 Å². The van der Waals surface area contributed by atoms with Gasteiger partial charge in [-0.1, -0.05) is 23.4 Å². The van der Waals surface area contributed by atoms with Crippen molar-refractivity contribution in [1.29, 1.82) is 0 Å². The molecule has 0 saturated carbocycles. The zero-order chi connectivity index (χ0) is 12.4. The summed E-state index contributed by atoms with van der Waals surface area (Å²) >= 11 is 0. The molecule has 0 radical (unpaired) electrons. The quantitative estimate of drug-likeness (QED) is 0.877. The molecule has 2 heterocycles. The summed E-state index contributed by atoms with van der Waals surface area (Å²) in [6.07, 6.45) is 3.33. The molecule has 1 N–H and O–H groups in total. The molecule has 18 heavy (non-hydrogen) atoms. The van der Waals surface area contributed by atoms with E-state index in [-0.39, 0.29) is 0 Å². The van der Waals surface area contributed by atoms with Crippen molar-refractivity contribution in [3.63, 3.8) is 0 Å². The molecule has 1 aromatic carbocycles. The number of hydrogen-bond donors (Lipinski definition) is 1. The van der Waals surface area contributed by atoms with E-state index in [1.54, 1.807) is 0 Å². The van der Waals surface area contributed by atoms with Gasteiger partial charge in [0.05, 0.1) is 0 Å². The highest BCUT2D eigenvalue weighted by Gasteiger charge is 2.08. The third kappa shape index (κ3) is 2.19. The molecule has 1 aromatic heterocycles. The fraction of sp³-hybridized carbons (Fsp3) is 0.286. The molecule has 0 spiro atoms. The van der Waals surface area contributed by atoms with Crippen LogP contribution in [0.2, 0.25) is 0 Å². The van der Waals surface area contributed by atoms with Crippen LogP contribution in [0.4, 0.5) is 0 Å². The first kappa shape index (κ1) is 11.2. The molecule has 1 aliphatic rings. The highest BCUT2D eigenvalue weighted by Crippen LogP contribution is 2.23. The molecule has 0 amide bonds. The number of nitrogens with one attached hydrogen (secondary N) is 1. The van der Waals surface area contributed by atoms with Crippen LogP contribution in [0.25, 0.3) is 17.0 Å². The molecule has 2 aromatic rings. The smallest absolute Gasteiger partial charge is 0.257 e. The van der Waals surface area contributed by atoms with Crippen LogP contribution in [0.5, 0.6) is 0 Å². The zero-order valence-corrected chi connectivity index (χ0v) is 10.3. The summed E-state index contributed by atoms with van der Waals surface area (Å²) in [5.74, 6) is 1.24. The first-order valence-electron chi connectivity index (χ1n) is 6.14. The Bertz CT molecular complexity index is 569. The zero-order valence-electron chi connectivity index (χ0n) is 10.3. The number of rotatable bonds is 2. The van der Waals surface area contributed by atoms with E-state index in [4.69, 9.17) is 4.52 Å². The van der Waals surface area contributed by atoms with Gasteiger partial charge in [0.2, 0.25) is 0 Å². The molecule has 4 nitrogen and oxygen atoms in total. The van der Waals surface area contributed by atoms with E-state index < -0.39 is 0 Å². The minimum Gasteiger partial charge on any atom is -0.334 e. The van der Waals surface area contributed by atoms with Crippen LogP contribution < -0.4 is 5.32 Å². The molecule has 4 heteroatoms. The predicted octanol–water partition coefficient (Wildman–Crippen LogP) is 2.42. The Hall–Kier alpha value is -1.94. The third-order valence-corrected chi connectivity index (χ3v) is 3.09. The Kier molecular flexibility index (Phi) is 2.94. The Morgan fingerprint density at radius 3 is 2.56 bits per heavy atom. The van der Waals surface area contributed by atoms with Crippen LogP contribution in [0.3, 0.4) is 0 Å². The molecule has 0 atom stereocenters. The standard InChI is InChI=1S/C14H15N3O/c1-10-16-14(18-17-10)13-4-2-11(3-5-13)12-6-8-15-9-7-12/h2-6,15H,7-9H2,1H3. The largest absolute Gasteiger partial charge is 0.334 e. The monoisotopic (exact) mass is 241 g/mol. The van der Waals surface area contributed by atoms with Crippen LogP contribution >= 0.6 is 0 Å². The lowest BCUT2D eigenvalue weighted by atomic mass is 9.99. The lowest BCUT2D eigenvalue weighted by molar-refractivity contribution is 0.425. The number of aryl methyl sites for hydroxylation is 1. The van der Waals surface area contributed by atoms with Crippen LogP contribution in [-0.2, 0) is 0 Å². The molecule has 0 fully saturated rings. The van der Waals surface area contributed by atoms with Crippen LogP contribution in [0.1, 0.15) is 17.8 Å². The Labute approximate surface area is 106 Å². The summed E-state index contributed by atoms with van der Waals surface area (Å²) in [4.78, 5) is 4.22. The fourth-order valence-electron chi connectivity index (χ4n) is 2.13. The Balaban J connectivity index is 1.87. The molecule has 0 saturated heterocycles. The molecular formula is C14H15N3O. The summed E-state index contributed by atoms with van der Waals surface area (Å²) in [6.45, 7) is 3.83. The van der Waals surface area contributed by atoms with E-state index in [1.165, 1.54) is 11.1 Å². The van der Waals surface area contributed by atoms with E-state index in [2.05, 4.69) is 33.7 Å². The van der Waals surface area contributed by atoms with Crippen molar-refractivity contribution in [1.82, 2.24) is 15.5 Å². The molecule has 1 aliphatic heterocycles. The normalized spacial score (nSPS) is 15.5. The van der Waals surface area contributed by atoms with Gasteiger partial charge in [-0.05, 0) is 43.2 Å². The van der Waals surface area contributed by atoms with Crippen LogP contribution in [-0.4, -0.2) is 23.2 Å². The maximum atomic E-state index is 5.15. The molecule has 0 aliphatic carbocycles. The summed E-state index contributed by atoms with van der Waals surface area (Å²) in [6, 6.07) is 8.30. The maximum Gasteiger partial charge on any atom is 0.257 e. The lowest BCUT2D eigenvalue weighted by Crippen LogP contribution is -2.19. The van der Waals surface area contributed by atoms with E-state index in [9.17, 15) is 0 Å². The van der Waals surface area contributed by atoms with E-state index >= 15 is 0 Å². The maximum absolute atomic E-state index is 5.15. The second kappa shape index (κ2) is 4.74. The van der Waals surface area contributed by atoms with Gasteiger partial charge in [0.25, 0.3) is 5.89 Å². The van der Waals surface area contributed by atoms with Gasteiger partial charge in [0.1, 0.15) is 0 Å². The topological polar surface area (TPSA) is 51.0 Å². The number of nitrogens with zero attached hydrogens (tertiary/aromatic N) is 2. The van der Waals surface area contributed by atoms with Crippen molar-refractivity contribution >= 4 is 5.57 Å². The number of aromatic nitrogens is 2. The van der Waals surface area contributed by atoms with Crippen LogP contribution in [0.15, 0.2) is 34.9 Å². The van der Waals surface area contributed by atoms with Crippen molar-refractivity contribution < 1.29 is 4.52 Å². The molecule has 0 unspecified atom stereocenters. The second-order valence-corrected chi connectivity index (χ2v) is 4.41. The second-order valence-electron chi connectivity index (χ2n) is 4.41. The van der Waals surface area contributed by atoms with Crippen molar-refractivity contribution in [2.24, 2.45) is 0 Å². The van der Waals surface area contributed by atoms with Crippen molar-refractivity contribution in [3.8, 4) is 11.5 Å².